The summed E-state index contributed by atoms with van der Waals surface area (Å²) in [4.78, 5) is 20.4. The summed E-state index contributed by atoms with van der Waals surface area (Å²) in [5.41, 5.74) is 2.67. The highest BCUT2D eigenvalue weighted by atomic mass is 16.5. The van der Waals surface area contributed by atoms with Crippen LogP contribution in [0.25, 0.3) is 24.3 Å². The Bertz CT molecular complexity index is 980. The van der Waals surface area contributed by atoms with E-state index in [0.717, 1.165) is 22.6 Å². The van der Waals surface area contributed by atoms with Gasteiger partial charge in [-0.15, -0.1) is 0 Å². The molecule has 152 valence electrons. The molecule has 3 rings (SSSR count). The van der Waals surface area contributed by atoms with Crippen LogP contribution in [0.15, 0.2) is 54.6 Å². The molecule has 30 heavy (non-hydrogen) atoms. The lowest BCUT2D eigenvalue weighted by Crippen LogP contribution is -2.09. The van der Waals surface area contributed by atoms with Gasteiger partial charge in [0.2, 0.25) is 5.91 Å². The fraction of sp³-hybridized carbons (Fsp3) is 0.125. The SMILES string of the molecule is COc1ccc(/C=C/c2cc(NC(C)=O)nc(/C=C/c3ccc(OC)cc3)n2)cc1. The first-order valence-electron chi connectivity index (χ1n) is 9.36. The minimum atomic E-state index is -0.191. The molecule has 0 aliphatic heterocycles. The Labute approximate surface area is 175 Å². The molecule has 0 radical (unpaired) electrons. The highest BCUT2D eigenvalue weighted by Gasteiger charge is 2.03. The Morgan fingerprint density at radius 1 is 0.800 bits per heavy atom. The zero-order valence-electron chi connectivity index (χ0n) is 17.1. The number of benzene rings is 2. The summed E-state index contributed by atoms with van der Waals surface area (Å²) in [7, 11) is 3.27. The summed E-state index contributed by atoms with van der Waals surface area (Å²) >= 11 is 0. The van der Waals surface area contributed by atoms with Gasteiger partial charge in [0.05, 0.1) is 19.9 Å². The zero-order chi connectivity index (χ0) is 21.3. The van der Waals surface area contributed by atoms with Crippen LogP contribution in [0.5, 0.6) is 11.5 Å². The maximum atomic E-state index is 11.5. The average Bonchev–Trinajstić information content (AvgIpc) is 2.76. The zero-order valence-corrected chi connectivity index (χ0v) is 17.1. The first kappa shape index (κ1) is 20.8. The van der Waals surface area contributed by atoms with Crippen LogP contribution in [0, 0.1) is 0 Å². The number of amides is 1. The van der Waals surface area contributed by atoms with Gasteiger partial charge in [0.1, 0.15) is 17.3 Å². The van der Waals surface area contributed by atoms with Crippen molar-refractivity contribution < 1.29 is 14.3 Å². The number of carbonyl (C=O) groups excluding carboxylic acids is 1. The number of hydrogen-bond acceptors (Lipinski definition) is 5. The van der Waals surface area contributed by atoms with Gasteiger partial charge >= 0.3 is 0 Å². The maximum absolute atomic E-state index is 11.5. The largest absolute Gasteiger partial charge is 0.497 e. The fourth-order valence-corrected chi connectivity index (χ4v) is 2.67. The van der Waals surface area contributed by atoms with E-state index < -0.39 is 0 Å². The van der Waals surface area contributed by atoms with Gasteiger partial charge in [-0.05, 0) is 47.5 Å². The third-order valence-electron chi connectivity index (χ3n) is 4.17. The first-order valence-corrected chi connectivity index (χ1v) is 9.36. The Morgan fingerprint density at radius 3 is 1.83 bits per heavy atom. The number of rotatable bonds is 7. The number of ether oxygens (including phenoxy) is 2. The van der Waals surface area contributed by atoms with E-state index in [2.05, 4.69) is 15.3 Å². The predicted octanol–water partition coefficient (Wildman–Crippen LogP) is 4.79. The third kappa shape index (κ3) is 6.04. The molecule has 1 aromatic heterocycles. The number of methoxy groups -OCH3 is 2. The standard InChI is InChI=1S/C24H23N3O3/c1-17(28)25-24-16-20(10-4-18-5-11-21(29-2)12-6-18)26-23(27-24)15-9-19-7-13-22(30-3)14-8-19/h4-16H,1-3H3,(H,25,26,27,28)/b10-4+,15-9+. The molecule has 0 fully saturated rings. The van der Waals surface area contributed by atoms with Crippen molar-refractivity contribution in [2.24, 2.45) is 0 Å². The molecule has 0 saturated carbocycles. The van der Waals surface area contributed by atoms with Crippen molar-refractivity contribution >= 4 is 36.0 Å². The second kappa shape index (κ2) is 10.0. The summed E-state index contributed by atoms with van der Waals surface area (Å²) in [5.74, 6) is 2.34. The topological polar surface area (TPSA) is 73.3 Å². The van der Waals surface area contributed by atoms with Crippen LogP contribution in [0.3, 0.4) is 0 Å². The molecule has 0 aliphatic rings. The van der Waals surface area contributed by atoms with Crippen molar-refractivity contribution in [3.05, 3.63) is 77.2 Å². The normalized spacial score (nSPS) is 11.0. The van der Waals surface area contributed by atoms with Crippen LogP contribution >= 0.6 is 0 Å². The summed E-state index contributed by atoms with van der Waals surface area (Å²) in [6.07, 6.45) is 7.52. The quantitative estimate of drug-likeness (QED) is 0.616. The number of hydrogen-bond donors (Lipinski definition) is 1. The van der Waals surface area contributed by atoms with Crippen LogP contribution < -0.4 is 14.8 Å². The Balaban J connectivity index is 1.85. The molecule has 0 atom stereocenters. The van der Waals surface area contributed by atoms with E-state index in [4.69, 9.17) is 9.47 Å². The Kier molecular flexibility index (Phi) is 6.95. The third-order valence-corrected chi connectivity index (χ3v) is 4.17. The summed E-state index contributed by atoms with van der Waals surface area (Å²) in [6.45, 7) is 1.45. The van der Waals surface area contributed by atoms with Gasteiger partial charge in [0.25, 0.3) is 0 Å². The molecule has 1 N–H and O–H groups in total. The molecule has 2 aromatic carbocycles. The van der Waals surface area contributed by atoms with Crippen LogP contribution in [0.1, 0.15) is 29.6 Å². The molecule has 1 heterocycles. The van der Waals surface area contributed by atoms with Crippen molar-refractivity contribution in [2.45, 2.75) is 6.92 Å². The minimum absolute atomic E-state index is 0.191. The van der Waals surface area contributed by atoms with Crippen LogP contribution in [0.2, 0.25) is 0 Å². The van der Waals surface area contributed by atoms with Crippen molar-refractivity contribution in [1.29, 1.82) is 0 Å². The van der Waals surface area contributed by atoms with Crippen molar-refractivity contribution in [3.8, 4) is 11.5 Å². The molecule has 1 amide bonds. The van der Waals surface area contributed by atoms with E-state index in [0.29, 0.717) is 17.3 Å². The molecule has 0 saturated heterocycles. The van der Waals surface area contributed by atoms with E-state index in [1.807, 2.05) is 66.8 Å². The predicted molar refractivity (Wildman–Crippen MR) is 120 cm³/mol. The molecular formula is C24H23N3O3. The Morgan fingerprint density at radius 2 is 1.33 bits per heavy atom. The lowest BCUT2D eigenvalue weighted by atomic mass is 10.2. The molecule has 6 heteroatoms. The molecular weight excluding hydrogens is 378 g/mol. The van der Waals surface area contributed by atoms with E-state index in [9.17, 15) is 4.79 Å². The highest BCUT2D eigenvalue weighted by molar-refractivity contribution is 5.88. The van der Waals surface area contributed by atoms with Crippen LogP contribution in [0.4, 0.5) is 5.82 Å². The maximum Gasteiger partial charge on any atom is 0.222 e. The lowest BCUT2D eigenvalue weighted by molar-refractivity contribution is -0.114. The minimum Gasteiger partial charge on any atom is -0.497 e. The number of aromatic nitrogens is 2. The summed E-state index contributed by atoms with van der Waals surface area (Å²) in [6, 6.07) is 17.1. The van der Waals surface area contributed by atoms with Gasteiger partial charge in [0, 0.05) is 13.0 Å². The van der Waals surface area contributed by atoms with Crippen molar-refractivity contribution in [1.82, 2.24) is 9.97 Å². The summed E-state index contributed by atoms with van der Waals surface area (Å²) in [5, 5.41) is 2.72. The summed E-state index contributed by atoms with van der Waals surface area (Å²) < 4.78 is 10.4. The van der Waals surface area contributed by atoms with E-state index in [1.54, 1.807) is 26.4 Å². The van der Waals surface area contributed by atoms with E-state index in [1.165, 1.54) is 6.92 Å². The molecule has 0 bridgehead atoms. The monoisotopic (exact) mass is 401 g/mol. The number of nitrogens with zero attached hydrogens (tertiary/aromatic N) is 2. The number of nitrogens with one attached hydrogen (secondary N) is 1. The molecule has 0 unspecified atom stereocenters. The number of carbonyl (C=O) groups is 1. The average molecular weight is 401 g/mol. The van der Waals surface area contributed by atoms with Gasteiger partial charge in [-0.1, -0.05) is 36.4 Å². The smallest absolute Gasteiger partial charge is 0.222 e. The van der Waals surface area contributed by atoms with Crippen molar-refractivity contribution in [3.63, 3.8) is 0 Å². The van der Waals surface area contributed by atoms with E-state index >= 15 is 0 Å². The lowest BCUT2D eigenvalue weighted by Gasteiger charge is -2.05. The fourth-order valence-electron chi connectivity index (χ4n) is 2.67. The van der Waals surface area contributed by atoms with Crippen molar-refractivity contribution in [2.75, 3.05) is 19.5 Å². The Hall–Kier alpha value is -3.93. The molecule has 6 nitrogen and oxygen atoms in total. The van der Waals surface area contributed by atoms with Gasteiger partial charge in [-0.3, -0.25) is 4.79 Å². The van der Waals surface area contributed by atoms with Gasteiger partial charge in [-0.2, -0.15) is 0 Å². The second-order valence-electron chi connectivity index (χ2n) is 6.43. The molecule has 0 spiro atoms. The van der Waals surface area contributed by atoms with Gasteiger partial charge in [-0.25, -0.2) is 9.97 Å². The van der Waals surface area contributed by atoms with Gasteiger partial charge < -0.3 is 14.8 Å². The highest BCUT2D eigenvalue weighted by Crippen LogP contribution is 2.17. The van der Waals surface area contributed by atoms with Crippen LogP contribution in [-0.2, 0) is 4.79 Å². The second-order valence-corrected chi connectivity index (χ2v) is 6.43. The van der Waals surface area contributed by atoms with E-state index in [-0.39, 0.29) is 5.91 Å². The van der Waals surface area contributed by atoms with Crippen LogP contribution in [-0.4, -0.2) is 30.1 Å². The molecule has 0 aliphatic carbocycles. The first-order chi connectivity index (χ1) is 14.6. The molecule has 3 aromatic rings. The number of anilines is 1. The van der Waals surface area contributed by atoms with Gasteiger partial charge in [0.15, 0.2) is 5.82 Å².